The maximum absolute atomic E-state index is 12.4. The molecule has 0 amide bonds. The Bertz CT molecular complexity index is 691. The van der Waals surface area contributed by atoms with Gasteiger partial charge in [0.1, 0.15) is 16.6 Å². The molecular weight excluding hydrogens is 288 g/mol. The molecule has 0 N–H and O–H groups in total. The van der Waals surface area contributed by atoms with Gasteiger partial charge in [0, 0.05) is 0 Å². The Hall–Kier alpha value is -1.81. The zero-order chi connectivity index (χ0) is 15.6. The lowest BCUT2D eigenvalue weighted by Crippen LogP contribution is -2.28. The molecule has 4 nitrogen and oxygen atoms in total. The van der Waals surface area contributed by atoms with Crippen LogP contribution in [0.3, 0.4) is 0 Å². The molecule has 0 aliphatic rings. The molecule has 1 heterocycles. The summed E-state index contributed by atoms with van der Waals surface area (Å²) in [5.41, 5.74) is 2.10. The van der Waals surface area contributed by atoms with E-state index in [9.17, 15) is 4.79 Å². The van der Waals surface area contributed by atoms with Gasteiger partial charge < -0.3 is 9.30 Å². The first-order valence-electron chi connectivity index (χ1n) is 6.83. The van der Waals surface area contributed by atoms with Crippen LogP contribution in [0, 0.1) is 6.92 Å². The van der Waals surface area contributed by atoms with E-state index in [4.69, 9.17) is 16.3 Å². The molecule has 0 fully saturated rings. The second kappa shape index (κ2) is 6.31. The average Bonchev–Trinajstić information content (AvgIpc) is 2.44. The highest BCUT2D eigenvalue weighted by Gasteiger charge is 2.16. The van der Waals surface area contributed by atoms with E-state index in [-0.39, 0.29) is 11.5 Å². The van der Waals surface area contributed by atoms with Crippen molar-refractivity contribution < 1.29 is 4.74 Å². The normalized spacial score (nSPS) is 11.0. The van der Waals surface area contributed by atoms with Crippen LogP contribution in [0.5, 0.6) is 5.75 Å². The molecule has 112 valence electrons. The van der Waals surface area contributed by atoms with Crippen molar-refractivity contribution in [3.8, 4) is 5.75 Å². The van der Waals surface area contributed by atoms with Crippen LogP contribution in [0.15, 0.2) is 29.1 Å². The highest BCUT2D eigenvalue weighted by Crippen LogP contribution is 2.22. The molecule has 2 rings (SSSR count). The Kier molecular flexibility index (Phi) is 4.68. The summed E-state index contributed by atoms with van der Waals surface area (Å²) in [5, 5.41) is 0.399. The number of aromatic nitrogens is 2. The van der Waals surface area contributed by atoms with E-state index in [2.05, 4.69) is 4.98 Å². The first-order chi connectivity index (χ1) is 9.93. The first-order valence-corrected chi connectivity index (χ1v) is 7.21. The fraction of sp³-hybridized carbons (Fsp3) is 0.375. The average molecular weight is 307 g/mol. The number of ether oxygens (including phenoxy) is 1. The van der Waals surface area contributed by atoms with Crippen LogP contribution in [0.25, 0.3) is 0 Å². The van der Waals surface area contributed by atoms with E-state index in [0.29, 0.717) is 17.4 Å². The third kappa shape index (κ3) is 3.27. The van der Waals surface area contributed by atoms with Gasteiger partial charge in [-0.2, -0.15) is 0 Å². The number of nitrogens with zero attached hydrogens (tertiary/aromatic N) is 2. The van der Waals surface area contributed by atoms with Crippen molar-refractivity contribution in [1.82, 2.24) is 9.55 Å². The van der Waals surface area contributed by atoms with Crippen molar-refractivity contribution >= 4 is 11.6 Å². The molecule has 0 aliphatic heterocycles. The minimum absolute atomic E-state index is 0.0982. The monoisotopic (exact) mass is 306 g/mol. The summed E-state index contributed by atoms with van der Waals surface area (Å²) in [5.74, 6) is 0.913. The largest absolute Gasteiger partial charge is 0.497 e. The van der Waals surface area contributed by atoms with Crippen molar-refractivity contribution in [2.24, 2.45) is 0 Å². The number of halogens is 1. The zero-order valence-electron chi connectivity index (χ0n) is 12.7. The molecule has 0 aliphatic carbocycles. The number of aryl methyl sites for hydroxylation is 1. The molecular formula is C16H19ClN2O2. The van der Waals surface area contributed by atoms with E-state index in [1.165, 1.54) is 0 Å². The fourth-order valence-corrected chi connectivity index (χ4v) is 2.74. The molecule has 0 bridgehead atoms. The number of benzene rings is 1. The summed E-state index contributed by atoms with van der Waals surface area (Å²) in [6, 6.07) is 7.65. The van der Waals surface area contributed by atoms with Gasteiger partial charge in [0.15, 0.2) is 0 Å². The second-order valence-electron chi connectivity index (χ2n) is 5.27. The smallest absolute Gasteiger partial charge is 0.272 e. The van der Waals surface area contributed by atoms with Crippen molar-refractivity contribution in [2.75, 3.05) is 7.11 Å². The molecule has 0 saturated carbocycles. The third-order valence-electron chi connectivity index (χ3n) is 3.37. The lowest BCUT2D eigenvalue weighted by atomic mass is 10.1. The van der Waals surface area contributed by atoms with Gasteiger partial charge in [-0.25, -0.2) is 4.98 Å². The first kappa shape index (κ1) is 15.6. The van der Waals surface area contributed by atoms with Crippen LogP contribution in [-0.2, 0) is 6.54 Å². The number of hydrogen-bond acceptors (Lipinski definition) is 3. The summed E-state index contributed by atoms with van der Waals surface area (Å²) in [6.07, 6.45) is 0. The standard InChI is InChI=1S/C16H19ClN2O2/c1-10(2)14-15(17)18-11(3)16(20)19(14)9-12-5-7-13(21-4)8-6-12/h5-8,10H,9H2,1-4H3. The number of methoxy groups -OCH3 is 1. The van der Waals surface area contributed by atoms with Gasteiger partial charge >= 0.3 is 0 Å². The van der Waals surface area contributed by atoms with Gasteiger partial charge in [-0.3, -0.25) is 4.79 Å². The Morgan fingerprint density at radius 1 is 1.29 bits per heavy atom. The minimum atomic E-state index is -0.0982. The maximum Gasteiger partial charge on any atom is 0.272 e. The fourth-order valence-electron chi connectivity index (χ4n) is 2.29. The van der Waals surface area contributed by atoms with Crippen molar-refractivity contribution in [2.45, 2.75) is 33.2 Å². The zero-order valence-corrected chi connectivity index (χ0v) is 13.4. The molecule has 0 radical (unpaired) electrons. The van der Waals surface area contributed by atoms with Gasteiger partial charge in [0.2, 0.25) is 0 Å². The molecule has 0 atom stereocenters. The quantitative estimate of drug-likeness (QED) is 0.869. The van der Waals surface area contributed by atoms with Gasteiger partial charge in [0.25, 0.3) is 5.56 Å². The predicted octanol–water partition coefficient (Wildman–Crippen LogP) is 3.39. The van der Waals surface area contributed by atoms with Crippen LogP contribution in [0.4, 0.5) is 0 Å². The molecule has 0 unspecified atom stereocenters. The molecule has 1 aromatic heterocycles. The van der Waals surface area contributed by atoms with Crippen LogP contribution >= 0.6 is 11.6 Å². The van der Waals surface area contributed by atoms with E-state index >= 15 is 0 Å². The summed E-state index contributed by atoms with van der Waals surface area (Å²) in [6.45, 7) is 6.16. The van der Waals surface area contributed by atoms with E-state index in [0.717, 1.165) is 17.0 Å². The molecule has 5 heteroatoms. The lowest BCUT2D eigenvalue weighted by molar-refractivity contribution is 0.414. The van der Waals surface area contributed by atoms with Crippen molar-refractivity contribution in [1.29, 1.82) is 0 Å². The van der Waals surface area contributed by atoms with Crippen LogP contribution in [0.1, 0.15) is 36.7 Å². The van der Waals surface area contributed by atoms with Crippen molar-refractivity contribution in [3.63, 3.8) is 0 Å². The van der Waals surface area contributed by atoms with Gasteiger partial charge in [-0.05, 0) is 30.5 Å². The highest BCUT2D eigenvalue weighted by atomic mass is 35.5. The summed E-state index contributed by atoms with van der Waals surface area (Å²) >= 11 is 6.22. The van der Waals surface area contributed by atoms with E-state index in [1.54, 1.807) is 18.6 Å². The molecule has 2 aromatic rings. The third-order valence-corrected chi connectivity index (χ3v) is 3.65. The van der Waals surface area contributed by atoms with Gasteiger partial charge in [0.05, 0.1) is 19.3 Å². The highest BCUT2D eigenvalue weighted by molar-refractivity contribution is 6.30. The van der Waals surface area contributed by atoms with Crippen LogP contribution in [0.2, 0.25) is 5.15 Å². The topological polar surface area (TPSA) is 44.1 Å². The Morgan fingerprint density at radius 3 is 2.43 bits per heavy atom. The van der Waals surface area contributed by atoms with E-state index in [1.807, 2.05) is 38.1 Å². The Morgan fingerprint density at radius 2 is 1.90 bits per heavy atom. The molecule has 1 aromatic carbocycles. The van der Waals surface area contributed by atoms with Gasteiger partial charge in [-0.1, -0.05) is 37.6 Å². The predicted molar refractivity (Wildman–Crippen MR) is 84.4 cm³/mol. The summed E-state index contributed by atoms with van der Waals surface area (Å²) in [4.78, 5) is 16.5. The Balaban J connectivity index is 2.49. The molecule has 0 saturated heterocycles. The van der Waals surface area contributed by atoms with Crippen molar-refractivity contribution in [3.05, 3.63) is 56.7 Å². The minimum Gasteiger partial charge on any atom is -0.497 e. The van der Waals surface area contributed by atoms with E-state index < -0.39 is 0 Å². The summed E-state index contributed by atoms with van der Waals surface area (Å²) in [7, 11) is 1.63. The number of hydrogen-bond donors (Lipinski definition) is 0. The molecule has 21 heavy (non-hydrogen) atoms. The Labute approximate surface area is 129 Å². The SMILES string of the molecule is COc1ccc(Cn2c(C(C)C)c(Cl)nc(C)c2=O)cc1. The number of rotatable bonds is 4. The summed E-state index contributed by atoms with van der Waals surface area (Å²) < 4.78 is 6.85. The van der Waals surface area contributed by atoms with Crippen LogP contribution in [-0.4, -0.2) is 16.7 Å². The molecule has 0 spiro atoms. The van der Waals surface area contributed by atoms with Gasteiger partial charge in [-0.15, -0.1) is 0 Å². The maximum atomic E-state index is 12.4. The second-order valence-corrected chi connectivity index (χ2v) is 5.63. The lowest BCUT2D eigenvalue weighted by Gasteiger charge is -2.17. The van der Waals surface area contributed by atoms with Crippen LogP contribution < -0.4 is 10.3 Å².